The largest absolute Gasteiger partial charge is 0.380 e. The van der Waals surface area contributed by atoms with Crippen molar-refractivity contribution in [2.24, 2.45) is 0 Å². The molecule has 122 valence electrons. The molecule has 1 aromatic heterocycles. The molecule has 0 aliphatic rings. The Morgan fingerprint density at radius 3 is 2.62 bits per heavy atom. The molecule has 0 bridgehead atoms. The van der Waals surface area contributed by atoms with Crippen LogP contribution in [-0.2, 0) is 27.8 Å². The number of aryl methyl sites for hydroxylation is 1. The number of rotatable bonds is 11. The third kappa shape index (κ3) is 5.78. The van der Waals surface area contributed by atoms with Crippen LogP contribution in [0.5, 0.6) is 0 Å². The molecule has 0 radical (unpaired) electrons. The van der Waals surface area contributed by atoms with E-state index in [1.54, 1.807) is 12.3 Å². The molecule has 1 aromatic rings. The van der Waals surface area contributed by atoms with Crippen LogP contribution in [0.4, 0.5) is 0 Å². The maximum absolute atomic E-state index is 12.2. The minimum atomic E-state index is -3.46. The number of sulfonamides is 1. The maximum Gasteiger partial charge on any atom is 0.242 e. The molecule has 21 heavy (non-hydrogen) atoms. The van der Waals surface area contributed by atoms with Gasteiger partial charge in [0, 0.05) is 38.1 Å². The first-order valence-electron chi connectivity index (χ1n) is 7.52. The number of aromatic nitrogens is 1. The summed E-state index contributed by atoms with van der Waals surface area (Å²) >= 11 is 0. The van der Waals surface area contributed by atoms with Gasteiger partial charge in [-0.2, -0.15) is 0 Å². The van der Waals surface area contributed by atoms with E-state index in [4.69, 9.17) is 4.74 Å². The Morgan fingerprint density at radius 1 is 1.24 bits per heavy atom. The lowest BCUT2D eigenvalue weighted by atomic mass is 10.4. The lowest BCUT2D eigenvalue weighted by molar-refractivity contribution is 0.153. The standard InChI is InChI=1S/C14H27N3O3S/c1-4-7-15-11-13-10-14(12-17(13)5-2)21(18,19)16-8-9-20-6-3/h10,12,15-16H,4-9,11H2,1-3H3. The molecule has 1 heterocycles. The monoisotopic (exact) mass is 317 g/mol. The highest BCUT2D eigenvalue weighted by Crippen LogP contribution is 2.14. The van der Waals surface area contributed by atoms with Crippen molar-refractivity contribution in [3.05, 3.63) is 18.0 Å². The third-order valence-electron chi connectivity index (χ3n) is 3.09. The van der Waals surface area contributed by atoms with Crippen LogP contribution in [0.25, 0.3) is 0 Å². The highest BCUT2D eigenvalue weighted by molar-refractivity contribution is 7.89. The Morgan fingerprint density at radius 2 is 2.00 bits per heavy atom. The Kier molecular flexibility index (Phi) is 7.95. The zero-order chi connectivity index (χ0) is 15.7. The van der Waals surface area contributed by atoms with E-state index in [0.717, 1.165) is 25.2 Å². The van der Waals surface area contributed by atoms with Crippen LogP contribution in [0.2, 0.25) is 0 Å². The average molecular weight is 317 g/mol. The van der Waals surface area contributed by atoms with Crippen LogP contribution in [0.3, 0.4) is 0 Å². The molecule has 0 aliphatic carbocycles. The van der Waals surface area contributed by atoms with Crippen molar-refractivity contribution in [1.29, 1.82) is 0 Å². The number of ether oxygens (including phenoxy) is 1. The number of hydrogen-bond acceptors (Lipinski definition) is 4. The molecule has 0 atom stereocenters. The Balaban J connectivity index is 2.72. The molecule has 0 aromatic carbocycles. The van der Waals surface area contributed by atoms with E-state index < -0.39 is 10.0 Å². The van der Waals surface area contributed by atoms with Gasteiger partial charge in [0.15, 0.2) is 0 Å². The molecule has 0 saturated carbocycles. The molecule has 0 unspecified atom stereocenters. The fourth-order valence-electron chi connectivity index (χ4n) is 1.98. The summed E-state index contributed by atoms with van der Waals surface area (Å²) in [4.78, 5) is 0.314. The maximum atomic E-state index is 12.2. The van der Waals surface area contributed by atoms with E-state index in [1.165, 1.54) is 0 Å². The second kappa shape index (κ2) is 9.19. The van der Waals surface area contributed by atoms with Gasteiger partial charge in [-0.3, -0.25) is 0 Å². The summed E-state index contributed by atoms with van der Waals surface area (Å²) in [6, 6.07) is 1.73. The van der Waals surface area contributed by atoms with E-state index >= 15 is 0 Å². The van der Waals surface area contributed by atoms with Crippen LogP contribution in [0.15, 0.2) is 17.2 Å². The minimum Gasteiger partial charge on any atom is -0.380 e. The van der Waals surface area contributed by atoms with Crippen LogP contribution in [0, 0.1) is 0 Å². The first-order chi connectivity index (χ1) is 10.0. The topological polar surface area (TPSA) is 72.4 Å². The smallest absolute Gasteiger partial charge is 0.242 e. The van der Waals surface area contributed by atoms with E-state index in [-0.39, 0.29) is 6.54 Å². The van der Waals surface area contributed by atoms with E-state index in [1.807, 2.05) is 18.4 Å². The van der Waals surface area contributed by atoms with E-state index in [2.05, 4.69) is 17.0 Å². The molecule has 6 nitrogen and oxygen atoms in total. The summed E-state index contributed by atoms with van der Waals surface area (Å²) in [6.45, 7) is 9.59. The van der Waals surface area contributed by atoms with Gasteiger partial charge >= 0.3 is 0 Å². The lowest BCUT2D eigenvalue weighted by Crippen LogP contribution is -2.27. The molecule has 7 heteroatoms. The van der Waals surface area contributed by atoms with Gasteiger partial charge in [0.25, 0.3) is 0 Å². The summed E-state index contributed by atoms with van der Waals surface area (Å²) in [5.74, 6) is 0. The van der Waals surface area contributed by atoms with Crippen molar-refractivity contribution >= 4 is 10.0 Å². The van der Waals surface area contributed by atoms with Gasteiger partial charge in [0.2, 0.25) is 10.0 Å². The van der Waals surface area contributed by atoms with Crippen molar-refractivity contribution < 1.29 is 13.2 Å². The van der Waals surface area contributed by atoms with Gasteiger partial charge < -0.3 is 14.6 Å². The summed E-state index contributed by atoms with van der Waals surface area (Å²) in [6.07, 6.45) is 2.74. The van der Waals surface area contributed by atoms with Gasteiger partial charge in [0.1, 0.15) is 0 Å². The van der Waals surface area contributed by atoms with Gasteiger partial charge in [0.05, 0.1) is 11.5 Å². The van der Waals surface area contributed by atoms with E-state index in [9.17, 15) is 8.42 Å². The first-order valence-corrected chi connectivity index (χ1v) is 9.00. The molecular weight excluding hydrogens is 290 g/mol. The molecule has 0 spiro atoms. The van der Waals surface area contributed by atoms with Gasteiger partial charge in [-0.25, -0.2) is 13.1 Å². The molecule has 0 saturated heterocycles. The lowest BCUT2D eigenvalue weighted by Gasteiger charge is -2.06. The SMILES string of the molecule is CCCNCc1cc(S(=O)(=O)NCCOCC)cn1CC. The Labute approximate surface area is 127 Å². The molecule has 0 aliphatic heterocycles. The average Bonchev–Trinajstić information content (AvgIpc) is 2.88. The van der Waals surface area contributed by atoms with Crippen molar-refractivity contribution in [2.75, 3.05) is 26.3 Å². The quantitative estimate of drug-likeness (QED) is 0.604. The fourth-order valence-corrected chi connectivity index (χ4v) is 3.06. The summed E-state index contributed by atoms with van der Waals surface area (Å²) < 4.78 is 34.1. The van der Waals surface area contributed by atoms with E-state index in [0.29, 0.717) is 24.7 Å². The molecule has 2 N–H and O–H groups in total. The number of hydrogen-bond donors (Lipinski definition) is 2. The Bertz CT molecular complexity index is 512. The van der Waals surface area contributed by atoms with Gasteiger partial charge in [-0.1, -0.05) is 6.92 Å². The summed E-state index contributed by atoms with van der Waals surface area (Å²) in [7, 11) is -3.46. The van der Waals surface area contributed by atoms with Crippen LogP contribution in [-0.4, -0.2) is 39.3 Å². The molecule has 0 amide bonds. The van der Waals surface area contributed by atoms with Crippen LogP contribution < -0.4 is 10.0 Å². The predicted octanol–water partition coefficient (Wildman–Crippen LogP) is 1.32. The molecule has 1 rings (SSSR count). The zero-order valence-electron chi connectivity index (χ0n) is 13.2. The molecule has 0 fully saturated rings. The highest BCUT2D eigenvalue weighted by atomic mass is 32.2. The summed E-state index contributed by atoms with van der Waals surface area (Å²) in [5.41, 5.74) is 0.983. The summed E-state index contributed by atoms with van der Waals surface area (Å²) in [5, 5.41) is 3.29. The second-order valence-corrected chi connectivity index (χ2v) is 6.49. The highest BCUT2D eigenvalue weighted by Gasteiger charge is 2.17. The minimum absolute atomic E-state index is 0.289. The van der Waals surface area contributed by atoms with Crippen molar-refractivity contribution in [1.82, 2.24) is 14.6 Å². The van der Waals surface area contributed by atoms with Crippen molar-refractivity contribution in [3.63, 3.8) is 0 Å². The number of nitrogens with zero attached hydrogens (tertiary/aromatic N) is 1. The Hall–Kier alpha value is -0.890. The molecular formula is C14H27N3O3S. The van der Waals surface area contributed by atoms with Crippen molar-refractivity contribution in [2.45, 2.75) is 45.2 Å². The predicted molar refractivity (Wildman–Crippen MR) is 83.8 cm³/mol. The third-order valence-corrected chi connectivity index (χ3v) is 4.52. The van der Waals surface area contributed by atoms with Crippen LogP contribution >= 0.6 is 0 Å². The fraction of sp³-hybridized carbons (Fsp3) is 0.714. The zero-order valence-corrected chi connectivity index (χ0v) is 14.0. The van der Waals surface area contributed by atoms with Gasteiger partial charge in [-0.15, -0.1) is 0 Å². The normalized spacial score (nSPS) is 12.0. The number of nitrogens with one attached hydrogen (secondary N) is 2. The van der Waals surface area contributed by atoms with Crippen LogP contribution in [0.1, 0.15) is 32.9 Å². The first kappa shape index (κ1) is 18.2. The van der Waals surface area contributed by atoms with Gasteiger partial charge in [-0.05, 0) is 32.9 Å². The van der Waals surface area contributed by atoms with Crippen molar-refractivity contribution in [3.8, 4) is 0 Å². The second-order valence-electron chi connectivity index (χ2n) is 4.72.